The van der Waals surface area contributed by atoms with Gasteiger partial charge in [0.1, 0.15) is 0 Å². The summed E-state index contributed by atoms with van der Waals surface area (Å²) < 4.78 is 23.2. The highest BCUT2D eigenvalue weighted by Gasteiger charge is 2.20. The van der Waals surface area contributed by atoms with E-state index in [0.717, 1.165) is 50.5 Å². The van der Waals surface area contributed by atoms with Crippen LogP contribution in [-0.2, 0) is 22.8 Å². The first-order valence-corrected chi connectivity index (χ1v) is 12.9. The van der Waals surface area contributed by atoms with Crippen molar-refractivity contribution in [2.45, 2.75) is 43.7 Å². The van der Waals surface area contributed by atoms with Crippen molar-refractivity contribution in [3.63, 3.8) is 0 Å². The lowest BCUT2D eigenvalue weighted by Gasteiger charge is -2.34. The van der Waals surface area contributed by atoms with Crippen molar-refractivity contribution < 1.29 is 8.42 Å². The van der Waals surface area contributed by atoms with Crippen molar-refractivity contribution in [2.75, 3.05) is 32.4 Å². The maximum absolute atomic E-state index is 11.6. The van der Waals surface area contributed by atoms with Gasteiger partial charge in [0.15, 0.2) is 15.8 Å². The highest BCUT2D eigenvalue weighted by molar-refractivity contribution is 14.0. The minimum atomic E-state index is -3.15. The second-order valence-corrected chi connectivity index (χ2v) is 10.1. The largest absolute Gasteiger partial charge is 0.357 e. The van der Waals surface area contributed by atoms with E-state index >= 15 is 0 Å². The minimum absolute atomic E-state index is 0. The van der Waals surface area contributed by atoms with Crippen molar-refractivity contribution in [3.05, 3.63) is 65.7 Å². The van der Waals surface area contributed by atoms with E-state index in [9.17, 15) is 8.42 Å². The van der Waals surface area contributed by atoms with Gasteiger partial charge in [0.05, 0.1) is 4.90 Å². The van der Waals surface area contributed by atoms with Crippen LogP contribution in [-0.4, -0.2) is 57.8 Å². The molecule has 0 bridgehead atoms. The van der Waals surface area contributed by atoms with Gasteiger partial charge in [-0.3, -0.25) is 9.89 Å². The average molecular weight is 571 g/mol. The van der Waals surface area contributed by atoms with E-state index in [1.54, 1.807) is 12.1 Å². The summed E-state index contributed by atoms with van der Waals surface area (Å²) in [7, 11) is -3.15. The molecule has 1 fully saturated rings. The number of likely N-dealkylation sites (tertiary alicyclic amines) is 1. The highest BCUT2D eigenvalue weighted by Crippen LogP contribution is 2.14. The van der Waals surface area contributed by atoms with Crippen LogP contribution in [0.4, 0.5) is 0 Å². The third-order valence-corrected chi connectivity index (χ3v) is 6.59. The predicted molar refractivity (Wildman–Crippen MR) is 143 cm³/mol. The van der Waals surface area contributed by atoms with Crippen molar-refractivity contribution >= 4 is 39.8 Å². The molecular formula is C24H35IN4O2S. The SMILES string of the molecule is CCNC(=NCCc1ccc(S(C)(=O)=O)cc1)NC1CCCN(Cc2ccccc2)C1.I. The lowest BCUT2D eigenvalue weighted by molar-refractivity contribution is 0.192. The molecule has 0 spiro atoms. The molecule has 1 unspecified atom stereocenters. The fourth-order valence-electron chi connectivity index (χ4n) is 3.87. The monoisotopic (exact) mass is 570 g/mol. The van der Waals surface area contributed by atoms with E-state index in [4.69, 9.17) is 4.99 Å². The number of hydrogen-bond acceptors (Lipinski definition) is 4. The molecular weight excluding hydrogens is 535 g/mol. The Morgan fingerprint density at radius 3 is 2.47 bits per heavy atom. The fourth-order valence-corrected chi connectivity index (χ4v) is 4.50. The molecule has 1 saturated heterocycles. The van der Waals surface area contributed by atoms with Gasteiger partial charge in [-0.15, -0.1) is 24.0 Å². The molecule has 8 heteroatoms. The van der Waals surface area contributed by atoms with Crippen molar-refractivity contribution in [2.24, 2.45) is 4.99 Å². The van der Waals surface area contributed by atoms with Crippen LogP contribution in [0.2, 0.25) is 0 Å². The van der Waals surface area contributed by atoms with Gasteiger partial charge in [-0.2, -0.15) is 0 Å². The quantitative estimate of drug-likeness (QED) is 0.289. The lowest BCUT2D eigenvalue weighted by atomic mass is 10.0. The van der Waals surface area contributed by atoms with Gasteiger partial charge in [-0.1, -0.05) is 42.5 Å². The second-order valence-electron chi connectivity index (χ2n) is 8.13. The number of rotatable bonds is 8. The Hall–Kier alpha value is -1.65. The molecule has 176 valence electrons. The summed E-state index contributed by atoms with van der Waals surface area (Å²) in [5.74, 6) is 0.849. The summed E-state index contributed by atoms with van der Waals surface area (Å²) in [4.78, 5) is 7.60. The number of piperidine rings is 1. The zero-order valence-electron chi connectivity index (χ0n) is 19.0. The normalized spacial score (nSPS) is 17.4. The molecule has 3 rings (SSSR count). The Morgan fingerprint density at radius 1 is 1.09 bits per heavy atom. The zero-order valence-corrected chi connectivity index (χ0v) is 22.1. The van der Waals surface area contributed by atoms with E-state index in [1.165, 1.54) is 18.2 Å². The van der Waals surface area contributed by atoms with Gasteiger partial charge in [0, 0.05) is 38.5 Å². The number of sulfone groups is 1. The highest BCUT2D eigenvalue weighted by atomic mass is 127. The van der Waals surface area contributed by atoms with Crippen molar-refractivity contribution in [3.8, 4) is 0 Å². The van der Waals surface area contributed by atoms with Crippen LogP contribution in [0, 0.1) is 0 Å². The molecule has 6 nitrogen and oxygen atoms in total. The fraction of sp³-hybridized carbons (Fsp3) is 0.458. The van der Waals surface area contributed by atoms with Gasteiger partial charge >= 0.3 is 0 Å². The molecule has 1 heterocycles. The van der Waals surface area contributed by atoms with Gasteiger partial charge in [0.25, 0.3) is 0 Å². The number of aliphatic imine (C=N–C) groups is 1. The standard InChI is InChI=1S/C24H34N4O2S.HI/c1-3-25-24(26-16-15-20-11-13-23(14-12-20)31(2,29)30)27-22-10-7-17-28(19-22)18-21-8-5-4-6-9-21;/h4-6,8-9,11-14,22H,3,7,10,15-19H2,1-2H3,(H2,25,26,27);1H. The Kier molecular flexibility index (Phi) is 10.9. The summed E-state index contributed by atoms with van der Waals surface area (Å²) in [5, 5.41) is 6.96. The molecule has 2 aromatic carbocycles. The van der Waals surface area contributed by atoms with Crippen molar-refractivity contribution in [1.82, 2.24) is 15.5 Å². The third-order valence-electron chi connectivity index (χ3n) is 5.46. The summed E-state index contributed by atoms with van der Waals surface area (Å²) in [6.45, 7) is 6.65. The Morgan fingerprint density at radius 2 is 1.81 bits per heavy atom. The van der Waals surface area contributed by atoms with Crippen molar-refractivity contribution in [1.29, 1.82) is 0 Å². The Labute approximate surface area is 209 Å². The maximum Gasteiger partial charge on any atom is 0.191 e. The van der Waals surface area contributed by atoms with Gasteiger partial charge < -0.3 is 10.6 Å². The van der Waals surface area contributed by atoms with Gasteiger partial charge in [-0.05, 0) is 56.0 Å². The molecule has 32 heavy (non-hydrogen) atoms. The maximum atomic E-state index is 11.6. The number of nitrogens with one attached hydrogen (secondary N) is 2. The number of nitrogens with zero attached hydrogens (tertiary/aromatic N) is 2. The molecule has 0 aliphatic carbocycles. The molecule has 2 aromatic rings. The summed E-state index contributed by atoms with van der Waals surface area (Å²) in [6, 6.07) is 18.1. The van der Waals surface area contributed by atoms with Crippen LogP contribution in [0.3, 0.4) is 0 Å². The average Bonchev–Trinajstić information content (AvgIpc) is 2.75. The Balaban J connectivity index is 0.00000363. The lowest BCUT2D eigenvalue weighted by Crippen LogP contribution is -2.51. The van der Waals surface area contributed by atoms with Gasteiger partial charge in [0.2, 0.25) is 0 Å². The number of hydrogen-bond donors (Lipinski definition) is 2. The van der Waals surface area contributed by atoms with Crippen LogP contribution >= 0.6 is 24.0 Å². The van der Waals surface area contributed by atoms with Crippen LogP contribution in [0.25, 0.3) is 0 Å². The first-order valence-electron chi connectivity index (χ1n) is 11.0. The molecule has 1 aliphatic heterocycles. The first-order chi connectivity index (χ1) is 14.9. The molecule has 0 amide bonds. The number of benzene rings is 2. The third kappa shape index (κ3) is 8.71. The summed E-state index contributed by atoms with van der Waals surface area (Å²) in [6.07, 6.45) is 4.32. The zero-order chi connectivity index (χ0) is 22.1. The van der Waals surface area contributed by atoms with Crippen LogP contribution in [0.15, 0.2) is 64.5 Å². The first kappa shape index (κ1) is 26.6. The number of halogens is 1. The molecule has 0 aromatic heterocycles. The summed E-state index contributed by atoms with van der Waals surface area (Å²) in [5.41, 5.74) is 2.43. The molecule has 2 N–H and O–H groups in total. The van der Waals surface area contributed by atoms with E-state index in [1.807, 2.05) is 12.1 Å². The topological polar surface area (TPSA) is 73.8 Å². The van der Waals surface area contributed by atoms with Crippen LogP contribution in [0.5, 0.6) is 0 Å². The van der Waals surface area contributed by atoms with E-state index in [0.29, 0.717) is 17.5 Å². The summed E-state index contributed by atoms with van der Waals surface area (Å²) >= 11 is 0. The smallest absolute Gasteiger partial charge is 0.191 e. The minimum Gasteiger partial charge on any atom is -0.357 e. The molecule has 1 aliphatic rings. The van der Waals surface area contributed by atoms with Crippen LogP contribution in [0.1, 0.15) is 30.9 Å². The second kappa shape index (κ2) is 13.2. The molecule has 1 atom stereocenters. The van der Waals surface area contributed by atoms with E-state index in [-0.39, 0.29) is 24.0 Å². The predicted octanol–water partition coefficient (Wildman–Crippen LogP) is 3.47. The van der Waals surface area contributed by atoms with E-state index in [2.05, 4.69) is 52.8 Å². The Bertz CT molecular complexity index is 950. The number of guanidine groups is 1. The molecule has 0 saturated carbocycles. The molecule has 0 radical (unpaired) electrons. The van der Waals surface area contributed by atoms with Crippen LogP contribution < -0.4 is 10.6 Å². The van der Waals surface area contributed by atoms with Gasteiger partial charge in [-0.25, -0.2) is 8.42 Å². The van der Waals surface area contributed by atoms with E-state index < -0.39 is 9.84 Å².